The molecule has 102 valence electrons. The van der Waals surface area contributed by atoms with Gasteiger partial charge >= 0.3 is 5.97 Å². The number of rotatable bonds is 4. The molecule has 0 saturated carbocycles. The first-order valence-electron chi connectivity index (χ1n) is 6.00. The van der Waals surface area contributed by atoms with E-state index in [1.807, 2.05) is 0 Å². The Hall–Kier alpha value is -1.95. The average Bonchev–Trinajstić information content (AvgIpc) is 2.81. The Labute approximate surface area is 109 Å². The fraction of sp³-hybridized carbons (Fsp3) is 0.385. The van der Waals surface area contributed by atoms with Crippen molar-refractivity contribution in [3.05, 3.63) is 29.6 Å². The van der Waals surface area contributed by atoms with E-state index in [-0.39, 0.29) is 29.7 Å². The monoisotopic (exact) mass is 267 g/mol. The van der Waals surface area contributed by atoms with E-state index in [0.29, 0.717) is 6.61 Å². The van der Waals surface area contributed by atoms with Gasteiger partial charge in [-0.3, -0.25) is 4.79 Å². The van der Waals surface area contributed by atoms with Gasteiger partial charge in [-0.1, -0.05) is 0 Å². The quantitative estimate of drug-likeness (QED) is 0.875. The van der Waals surface area contributed by atoms with Gasteiger partial charge in [0.2, 0.25) is 5.91 Å². The maximum absolute atomic E-state index is 13.1. The molecule has 0 radical (unpaired) electrons. The second-order valence-electron chi connectivity index (χ2n) is 4.38. The number of aromatic carboxylic acids is 1. The fourth-order valence-electron chi connectivity index (χ4n) is 2.02. The van der Waals surface area contributed by atoms with Gasteiger partial charge in [0.15, 0.2) is 0 Å². The van der Waals surface area contributed by atoms with Gasteiger partial charge in [0, 0.05) is 6.61 Å². The molecule has 1 heterocycles. The number of halogens is 1. The minimum atomic E-state index is -1.22. The summed E-state index contributed by atoms with van der Waals surface area (Å²) in [6.07, 6.45) is 1.73. The zero-order valence-corrected chi connectivity index (χ0v) is 10.2. The summed E-state index contributed by atoms with van der Waals surface area (Å²) >= 11 is 0. The van der Waals surface area contributed by atoms with Crippen molar-refractivity contribution in [3.63, 3.8) is 0 Å². The van der Waals surface area contributed by atoms with Crippen LogP contribution in [-0.4, -0.2) is 29.7 Å². The lowest BCUT2D eigenvalue weighted by molar-refractivity contribution is -0.118. The van der Waals surface area contributed by atoms with E-state index in [1.165, 1.54) is 0 Å². The topological polar surface area (TPSA) is 75.6 Å². The Morgan fingerprint density at radius 3 is 2.89 bits per heavy atom. The maximum Gasteiger partial charge on any atom is 0.337 e. The molecule has 1 aliphatic rings. The van der Waals surface area contributed by atoms with Gasteiger partial charge < -0.3 is 15.2 Å². The summed E-state index contributed by atoms with van der Waals surface area (Å²) in [6.45, 7) is 0.637. The highest BCUT2D eigenvalue weighted by atomic mass is 19.1. The lowest BCUT2D eigenvalue weighted by Crippen LogP contribution is -2.20. The number of carboxylic acids is 1. The number of nitrogens with one attached hydrogen (secondary N) is 1. The lowest BCUT2D eigenvalue weighted by Gasteiger charge is -2.11. The van der Waals surface area contributed by atoms with Gasteiger partial charge in [-0.2, -0.15) is 0 Å². The number of carbonyl (C=O) groups is 2. The van der Waals surface area contributed by atoms with Crippen molar-refractivity contribution in [2.45, 2.75) is 25.4 Å². The zero-order chi connectivity index (χ0) is 13.8. The smallest absolute Gasteiger partial charge is 0.337 e. The molecule has 0 aromatic heterocycles. The van der Waals surface area contributed by atoms with E-state index in [2.05, 4.69) is 5.32 Å². The molecule has 1 unspecified atom stereocenters. The number of hydrogen-bond donors (Lipinski definition) is 2. The normalized spacial score (nSPS) is 18.3. The van der Waals surface area contributed by atoms with Crippen molar-refractivity contribution >= 4 is 17.6 Å². The number of amides is 1. The minimum Gasteiger partial charge on any atom is -0.478 e. The molecule has 5 nitrogen and oxygen atoms in total. The van der Waals surface area contributed by atoms with Crippen LogP contribution in [0.2, 0.25) is 0 Å². The molecule has 0 bridgehead atoms. The van der Waals surface area contributed by atoms with Crippen LogP contribution >= 0.6 is 0 Å². The largest absolute Gasteiger partial charge is 0.478 e. The van der Waals surface area contributed by atoms with Crippen LogP contribution in [0, 0.1) is 5.82 Å². The molecule has 2 rings (SSSR count). The summed E-state index contributed by atoms with van der Waals surface area (Å²) in [7, 11) is 0. The Bertz CT molecular complexity index is 497. The molecule has 1 amide bonds. The maximum atomic E-state index is 13.1. The third-order valence-corrected chi connectivity index (χ3v) is 2.92. The van der Waals surface area contributed by atoms with Crippen molar-refractivity contribution < 1.29 is 23.8 Å². The first kappa shape index (κ1) is 13.5. The molecular weight excluding hydrogens is 253 g/mol. The average molecular weight is 267 g/mol. The van der Waals surface area contributed by atoms with Gasteiger partial charge in [-0.15, -0.1) is 0 Å². The molecule has 0 aliphatic carbocycles. The van der Waals surface area contributed by atoms with Crippen LogP contribution in [0.5, 0.6) is 0 Å². The van der Waals surface area contributed by atoms with Crippen LogP contribution in [0.25, 0.3) is 0 Å². The standard InChI is InChI=1S/C13H14FNO4/c14-8-3-4-10(13(17)18)11(6-8)15-12(16)7-9-2-1-5-19-9/h3-4,6,9H,1-2,5,7H2,(H,15,16)(H,17,18). The zero-order valence-electron chi connectivity index (χ0n) is 10.2. The minimum absolute atomic E-state index is 0.0319. The Kier molecular flexibility index (Phi) is 4.11. The summed E-state index contributed by atoms with van der Waals surface area (Å²) in [5, 5.41) is 11.4. The molecule has 6 heteroatoms. The van der Waals surface area contributed by atoms with E-state index < -0.39 is 11.8 Å². The number of benzene rings is 1. The number of anilines is 1. The molecule has 0 spiro atoms. The van der Waals surface area contributed by atoms with Crippen LogP contribution in [0.15, 0.2) is 18.2 Å². The predicted octanol–water partition coefficient (Wildman–Crippen LogP) is 2.03. The Morgan fingerprint density at radius 2 is 2.26 bits per heavy atom. The first-order chi connectivity index (χ1) is 9.06. The summed E-state index contributed by atoms with van der Waals surface area (Å²) in [6, 6.07) is 3.16. The summed E-state index contributed by atoms with van der Waals surface area (Å²) in [4.78, 5) is 22.7. The fourth-order valence-corrected chi connectivity index (χ4v) is 2.02. The molecule has 19 heavy (non-hydrogen) atoms. The highest BCUT2D eigenvalue weighted by Gasteiger charge is 2.20. The van der Waals surface area contributed by atoms with E-state index >= 15 is 0 Å². The number of carbonyl (C=O) groups excluding carboxylic acids is 1. The number of ether oxygens (including phenoxy) is 1. The second-order valence-corrected chi connectivity index (χ2v) is 4.38. The molecule has 1 saturated heterocycles. The molecule has 1 aromatic rings. The SMILES string of the molecule is O=C(CC1CCCO1)Nc1cc(F)ccc1C(=O)O. The van der Waals surface area contributed by atoms with Crippen LogP contribution in [0.1, 0.15) is 29.6 Å². The molecule has 1 aromatic carbocycles. The second kappa shape index (κ2) is 5.79. The van der Waals surface area contributed by atoms with Crippen LogP contribution in [0.4, 0.5) is 10.1 Å². The van der Waals surface area contributed by atoms with E-state index in [9.17, 15) is 14.0 Å². The van der Waals surface area contributed by atoms with Gasteiger partial charge in [-0.05, 0) is 31.0 Å². The van der Waals surface area contributed by atoms with Gasteiger partial charge in [0.25, 0.3) is 0 Å². The highest BCUT2D eigenvalue weighted by Crippen LogP contribution is 2.20. The van der Waals surface area contributed by atoms with Crippen molar-refractivity contribution in [2.75, 3.05) is 11.9 Å². The predicted molar refractivity (Wildman–Crippen MR) is 65.6 cm³/mol. The van der Waals surface area contributed by atoms with Crippen molar-refractivity contribution in [3.8, 4) is 0 Å². The Morgan fingerprint density at radius 1 is 1.47 bits per heavy atom. The Balaban J connectivity index is 2.06. The molecule has 1 aliphatic heterocycles. The highest BCUT2D eigenvalue weighted by molar-refractivity contribution is 6.00. The lowest BCUT2D eigenvalue weighted by atomic mass is 10.1. The van der Waals surface area contributed by atoms with E-state index in [4.69, 9.17) is 9.84 Å². The van der Waals surface area contributed by atoms with Gasteiger partial charge in [0.1, 0.15) is 5.82 Å². The summed E-state index contributed by atoms with van der Waals surface area (Å²) in [5.74, 6) is -2.19. The molecule has 1 atom stereocenters. The van der Waals surface area contributed by atoms with Crippen LogP contribution in [0.3, 0.4) is 0 Å². The third-order valence-electron chi connectivity index (χ3n) is 2.92. The van der Waals surface area contributed by atoms with Gasteiger partial charge in [-0.25, -0.2) is 9.18 Å². The van der Waals surface area contributed by atoms with Gasteiger partial charge in [0.05, 0.1) is 23.8 Å². The van der Waals surface area contributed by atoms with Crippen molar-refractivity contribution in [1.29, 1.82) is 0 Å². The van der Waals surface area contributed by atoms with Crippen molar-refractivity contribution in [1.82, 2.24) is 0 Å². The van der Waals surface area contributed by atoms with E-state index in [0.717, 1.165) is 31.0 Å². The van der Waals surface area contributed by atoms with E-state index in [1.54, 1.807) is 0 Å². The summed E-state index contributed by atoms with van der Waals surface area (Å²) < 4.78 is 18.4. The number of hydrogen-bond acceptors (Lipinski definition) is 3. The van der Waals surface area contributed by atoms with Crippen LogP contribution < -0.4 is 5.32 Å². The first-order valence-corrected chi connectivity index (χ1v) is 6.00. The third kappa shape index (κ3) is 3.51. The molecule has 2 N–H and O–H groups in total. The number of carboxylic acid groups (broad SMARTS) is 1. The van der Waals surface area contributed by atoms with Crippen molar-refractivity contribution in [2.24, 2.45) is 0 Å². The van der Waals surface area contributed by atoms with Crippen LogP contribution in [-0.2, 0) is 9.53 Å². The summed E-state index contributed by atoms with van der Waals surface area (Å²) in [5.41, 5.74) is -0.169. The molecule has 1 fully saturated rings. The molecular formula is C13H14FNO4.